The van der Waals surface area contributed by atoms with Crippen LogP contribution in [0.15, 0.2) is 88.1 Å². The molecule has 1 heterocycles. The van der Waals surface area contributed by atoms with E-state index < -0.39 is 51.2 Å². The summed E-state index contributed by atoms with van der Waals surface area (Å²) in [5.74, 6) is -1.20. The molecular formula is C26H21N5O8. The molecule has 13 nitrogen and oxygen atoms in total. The molecule has 2 amide bonds. The molecule has 1 atom stereocenters. The molecule has 0 fully saturated rings. The lowest BCUT2D eigenvalue weighted by Crippen LogP contribution is -2.47. The minimum atomic E-state index is -1.04. The first-order valence-electron chi connectivity index (χ1n) is 11.5. The summed E-state index contributed by atoms with van der Waals surface area (Å²) in [7, 11) is 0. The highest BCUT2D eigenvalue weighted by molar-refractivity contribution is 5.99. The number of hydrogen-bond donors (Lipinski definition) is 3. The van der Waals surface area contributed by atoms with Crippen LogP contribution in [-0.4, -0.2) is 34.2 Å². The molecule has 0 spiro atoms. The van der Waals surface area contributed by atoms with Gasteiger partial charge in [-0.15, -0.1) is 0 Å². The number of nitrogens with one attached hydrogen (secondary N) is 3. The van der Waals surface area contributed by atoms with Gasteiger partial charge < -0.3 is 20.4 Å². The predicted octanol–water partition coefficient (Wildman–Crippen LogP) is 3.39. The van der Waals surface area contributed by atoms with Crippen molar-refractivity contribution in [3.8, 4) is 0 Å². The number of nitrogens with zero attached hydrogens (tertiary/aromatic N) is 2. The Bertz CT molecular complexity index is 1620. The van der Waals surface area contributed by atoms with Crippen molar-refractivity contribution in [2.45, 2.75) is 12.5 Å². The fourth-order valence-corrected chi connectivity index (χ4v) is 3.78. The SMILES string of the molecule is O=C(CNc1ccc([N+](=O)[O-])cc1[N+](=O)[O-])N[C@@H](Cc1ccccc1)C(=O)Nc1ccc2ccc(=O)oc2c1. The zero-order valence-electron chi connectivity index (χ0n) is 20.2. The second kappa shape index (κ2) is 11.6. The first-order chi connectivity index (χ1) is 18.7. The van der Waals surface area contributed by atoms with Crippen LogP contribution in [0.2, 0.25) is 0 Å². The summed E-state index contributed by atoms with van der Waals surface area (Å²) in [6.07, 6.45) is 0.138. The number of rotatable bonds is 10. The summed E-state index contributed by atoms with van der Waals surface area (Å²) in [4.78, 5) is 58.2. The normalized spacial score (nSPS) is 11.4. The Labute approximate surface area is 219 Å². The van der Waals surface area contributed by atoms with Crippen LogP contribution in [-0.2, 0) is 16.0 Å². The molecular weight excluding hydrogens is 510 g/mol. The molecule has 3 N–H and O–H groups in total. The van der Waals surface area contributed by atoms with E-state index in [0.717, 1.165) is 23.8 Å². The van der Waals surface area contributed by atoms with E-state index in [0.29, 0.717) is 11.1 Å². The molecule has 0 aliphatic carbocycles. The molecule has 4 aromatic rings. The number of hydrogen-bond acceptors (Lipinski definition) is 9. The van der Waals surface area contributed by atoms with Crippen molar-refractivity contribution >= 4 is 45.5 Å². The molecule has 0 radical (unpaired) electrons. The zero-order chi connectivity index (χ0) is 27.9. The predicted molar refractivity (Wildman–Crippen MR) is 141 cm³/mol. The molecule has 0 aliphatic rings. The van der Waals surface area contributed by atoms with Gasteiger partial charge in [0.25, 0.3) is 11.4 Å². The zero-order valence-corrected chi connectivity index (χ0v) is 20.2. The minimum Gasteiger partial charge on any atom is -0.423 e. The molecule has 0 saturated carbocycles. The Kier molecular flexibility index (Phi) is 7.90. The van der Waals surface area contributed by atoms with Crippen molar-refractivity contribution in [2.75, 3.05) is 17.2 Å². The van der Waals surface area contributed by atoms with E-state index in [-0.39, 0.29) is 17.7 Å². The Morgan fingerprint density at radius 1 is 0.897 bits per heavy atom. The molecule has 1 aromatic heterocycles. The Morgan fingerprint density at radius 3 is 2.36 bits per heavy atom. The van der Waals surface area contributed by atoms with Gasteiger partial charge in [0.15, 0.2) is 0 Å². The van der Waals surface area contributed by atoms with Crippen molar-refractivity contribution in [1.29, 1.82) is 0 Å². The van der Waals surface area contributed by atoms with E-state index in [1.165, 1.54) is 12.1 Å². The molecule has 13 heteroatoms. The van der Waals surface area contributed by atoms with Crippen LogP contribution < -0.4 is 21.6 Å². The Hall–Kier alpha value is -5.59. The van der Waals surface area contributed by atoms with Gasteiger partial charge in [-0.25, -0.2) is 4.79 Å². The van der Waals surface area contributed by atoms with E-state index in [4.69, 9.17) is 4.42 Å². The molecule has 0 unspecified atom stereocenters. The van der Waals surface area contributed by atoms with Crippen molar-refractivity contribution < 1.29 is 23.9 Å². The monoisotopic (exact) mass is 531 g/mol. The molecule has 3 aromatic carbocycles. The van der Waals surface area contributed by atoms with E-state index in [1.54, 1.807) is 48.5 Å². The lowest BCUT2D eigenvalue weighted by molar-refractivity contribution is -0.393. The first kappa shape index (κ1) is 26.5. The van der Waals surface area contributed by atoms with Crippen LogP contribution in [0, 0.1) is 20.2 Å². The quantitative estimate of drug-likeness (QED) is 0.157. The largest absolute Gasteiger partial charge is 0.423 e. The van der Waals surface area contributed by atoms with Gasteiger partial charge in [-0.2, -0.15) is 0 Å². The molecule has 4 rings (SSSR count). The average molecular weight is 531 g/mol. The van der Waals surface area contributed by atoms with Gasteiger partial charge in [0.2, 0.25) is 11.8 Å². The van der Waals surface area contributed by atoms with Crippen molar-refractivity contribution in [2.24, 2.45) is 0 Å². The summed E-state index contributed by atoms with van der Waals surface area (Å²) in [6, 6.07) is 18.6. The second-order valence-electron chi connectivity index (χ2n) is 8.38. The fourth-order valence-electron chi connectivity index (χ4n) is 3.78. The first-order valence-corrected chi connectivity index (χ1v) is 11.5. The van der Waals surface area contributed by atoms with Crippen molar-refractivity contribution in [3.05, 3.63) is 115 Å². The number of carbonyl (C=O) groups excluding carboxylic acids is 2. The third-order valence-corrected chi connectivity index (χ3v) is 5.65. The minimum absolute atomic E-state index is 0.0949. The lowest BCUT2D eigenvalue weighted by Gasteiger charge is -2.19. The number of nitro groups is 2. The molecule has 39 heavy (non-hydrogen) atoms. The highest BCUT2D eigenvalue weighted by Gasteiger charge is 2.23. The topological polar surface area (TPSA) is 187 Å². The van der Waals surface area contributed by atoms with E-state index in [2.05, 4.69) is 16.0 Å². The van der Waals surface area contributed by atoms with Crippen LogP contribution in [0.25, 0.3) is 11.0 Å². The number of nitro benzene ring substituents is 2. The van der Waals surface area contributed by atoms with E-state index >= 15 is 0 Å². The molecule has 198 valence electrons. The second-order valence-corrected chi connectivity index (χ2v) is 8.38. The van der Waals surface area contributed by atoms with Gasteiger partial charge >= 0.3 is 5.63 Å². The van der Waals surface area contributed by atoms with E-state index in [9.17, 15) is 34.6 Å². The van der Waals surface area contributed by atoms with Crippen LogP contribution >= 0.6 is 0 Å². The summed E-state index contributed by atoms with van der Waals surface area (Å²) in [5, 5.41) is 30.9. The number of amides is 2. The number of carbonyl (C=O) groups is 2. The van der Waals surface area contributed by atoms with E-state index in [1.807, 2.05) is 0 Å². The summed E-state index contributed by atoms with van der Waals surface area (Å²) < 4.78 is 5.16. The Morgan fingerprint density at radius 2 is 1.64 bits per heavy atom. The van der Waals surface area contributed by atoms with Crippen LogP contribution in [0.3, 0.4) is 0 Å². The maximum atomic E-state index is 13.2. The van der Waals surface area contributed by atoms with Gasteiger partial charge in [-0.3, -0.25) is 29.8 Å². The lowest BCUT2D eigenvalue weighted by atomic mass is 10.0. The molecule has 0 bridgehead atoms. The fraction of sp³-hybridized carbons (Fsp3) is 0.115. The van der Waals surface area contributed by atoms with Crippen LogP contribution in [0.5, 0.6) is 0 Å². The number of fused-ring (bicyclic) bond motifs is 1. The average Bonchev–Trinajstić information content (AvgIpc) is 2.91. The number of non-ortho nitro benzene ring substituents is 1. The van der Waals surface area contributed by atoms with Crippen LogP contribution in [0.4, 0.5) is 22.7 Å². The summed E-state index contributed by atoms with van der Waals surface area (Å²) in [6.45, 7) is -0.446. The Balaban J connectivity index is 1.49. The van der Waals surface area contributed by atoms with Crippen LogP contribution in [0.1, 0.15) is 5.56 Å². The van der Waals surface area contributed by atoms with Crippen molar-refractivity contribution in [3.63, 3.8) is 0 Å². The summed E-state index contributed by atoms with van der Waals surface area (Å²) >= 11 is 0. The maximum Gasteiger partial charge on any atom is 0.336 e. The highest BCUT2D eigenvalue weighted by Crippen LogP contribution is 2.28. The smallest absolute Gasteiger partial charge is 0.336 e. The molecule has 0 saturated heterocycles. The van der Waals surface area contributed by atoms with Gasteiger partial charge in [-0.1, -0.05) is 30.3 Å². The van der Waals surface area contributed by atoms with Gasteiger partial charge in [-0.05, 0) is 29.8 Å². The van der Waals surface area contributed by atoms with Gasteiger partial charge in [0.1, 0.15) is 17.3 Å². The third kappa shape index (κ3) is 6.80. The number of benzene rings is 3. The van der Waals surface area contributed by atoms with Gasteiger partial charge in [0.05, 0.1) is 22.5 Å². The third-order valence-electron chi connectivity index (χ3n) is 5.65. The highest BCUT2D eigenvalue weighted by atomic mass is 16.6. The molecule has 0 aliphatic heterocycles. The summed E-state index contributed by atoms with van der Waals surface area (Å²) in [5.41, 5.74) is -0.292. The van der Waals surface area contributed by atoms with Gasteiger partial charge in [0, 0.05) is 35.7 Å². The maximum absolute atomic E-state index is 13.2. The number of anilines is 2. The standard InChI is InChI=1S/C26H21N5O8/c32-24(15-27-20-10-9-19(30(35)36)14-22(20)31(37)38)29-21(12-16-4-2-1-3-5-16)26(34)28-18-8-6-17-7-11-25(33)39-23(17)13-18/h1-11,13-14,21,27H,12,15H2,(H,28,34)(H,29,32)/t21-/m0/s1. The van der Waals surface area contributed by atoms with Crippen molar-refractivity contribution in [1.82, 2.24) is 5.32 Å².